The van der Waals surface area contributed by atoms with Gasteiger partial charge in [-0.2, -0.15) is 0 Å². The molecule has 2 aliphatic heterocycles. The van der Waals surface area contributed by atoms with Gasteiger partial charge in [0, 0.05) is 70.2 Å². The van der Waals surface area contributed by atoms with Crippen molar-refractivity contribution in [3.63, 3.8) is 0 Å². The maximum absolute atomic E-state index is 12.7. The molecule has 0 fully saturated rings. The molecular weight excluding hydrogens is 865 g/mol. The van der Waals surface area contributed by atoms with Crippen molar-refractivity contribution in [2.24, 2.45) is 0 Å². The molecule has 8 aromatic carbocycles. The Morgan fingerprint density at radius 1 is 0.265 bits per heavy atom. The minimum Gasteiger partial charge on any atom is -0.508 e. The van der Waals surface area contributed by atoms with Crippen LogP contribution >= 0.6 is 0 Å². The van der Waals surface area contributed by atoms with Crippen LogP contribution in [-0.2, 0) is 0 Å². The van der Waals surface area contributed by atoms with Gasteiger partial charge in [0.15, 0.2) is 0 Å². The maximum atomic E-state index is 12.7. The molecule has 8 aromatic rings. The van der Waals surface area contributed by atoms with E-state index in [2.05, 4.69) is 0 Å². The molecule has 0 bridgehead atoms. The highest BCUT2D eigenvalue weighted by Crippen LogP contribution is 2.72. The number of fused-ring (bicyclic) bond motifs is 3. The highest BCUT2D eigenvalue weighted by Gasteiger charge is 2.57. The average Bonchev–Trinajstić information content (AvgIpc) is 3.96. The van der Waals surface area contributed by atoms with Gasteiger partial charge in [-0.1, -0.05) is 48.5 Å². The molecule has 4 aliphatic rings. The summed E-state index contributed by atoms with van der Waals surface area (Å²) in [5.41, 5.74) is 7.24. The van der Waals surface area contributed by atoms with Crippen LogP contribution in [0.25, 0.3) is 0 Å². The van der Waals surface area contributed by atoms with Crippen molar-refractivity contribution in [2.75, 3.05) is 0 Å². The van der Waals surface area contributed by atoms with Crippen molar-refractivity contribution >= 4 is 0 Å². The number of hydrogen-bond acceptors (Lipinski definition) is 12. The molecule has 0 saturated heterocycles. The van der Waals surface area contributed by atoms with E-state index in [1.165, 1.54) is 30.3 Å². The van der Waals surface area contributed by atoms with Crippen LogP contribution < -0.4 is 9.47 Å². The Labute approximate surface area is 388 Å². The first kappa shape index (κ1) is 40.8. The minimum absolute atomic E-state index is 0.00343. The summed E-state index contributed by atoms with van der Waals surface area (Å²) < 4.78 is 13.7. The topological polar surface area (TPSA) is 221 Å². The van der Waals surface area contributed by atoms with Crippen molar-refractivity contribution in [3.8, 4) is 69.0 Å². The maximum Gasteiger partial charge on any atom is 0.135 e. The van der Waals surface area contributed by atoms with E-state index in [4.69, 9.17) is 9.47 Å². The third-order valence-electron chi connectivity index (χ3n) is 14.4. The second-order valence-electron chi connectivity index (χ2n) is 18.2. The second kappa shape index (κ2) is 14.9. The zero-order chi connectivity index (χ0) is 46.9. The molecule has 12 heteroatoms. The fraction of sp³-hybridized carbons (Fsp3) is 0.143. The monoisotopic (exact) mass is 906 g/mol. The SMILES string of the molecule is Oc1ccc([C@H]2c3c(O)cc(O)cc3[C@@H]3c4c(cc(O)c5c4[C@H]2[C@@H](c2cc(O)cc4c2[C@@H](c2cc(O)cc(O)c2)[C@H](c2ccc(O)cc2)O4)[C@@H]5c2ccc(O)cc2)O[C@H]3c2ccc(O)cc2)cc1. The van der Waals surface area contributed by atoms with Crippen LogP contribution in [-0.4, -0.2) is 51.1 Å². The number of rotatable bonds is 6. The van der Waals surface area contributed by atoms with Crippen molar-refractivity contribution < 1.29 is 60.5 Å². The van der Waals surface area contributed by atoms with Crippen LogP contribution in [0.3, 0.4) is 0 Å². The molecule has 0 saturated carbocycles. The Hall–Kier alpha value is -8.64. The van der Waals surface area contributed by atoms with Gasteiger partial charge in [0.05, 0.1) is 11.8 Å². The van der Waals surface area contributed by atoms with Crippen LogP contribution in [0, 0.1) is 0 Å². The third-order valence-corrected chi connectivity index (χ3v) is 14.4. The molecule has 0 radical (unpaired) electrons. The molecule has 12 rings (SSSR count). The average molecular weight is 907 g/mol. The summed E-state index contributed by atoms with van der Waals surface area (Å²) in [5, 5.41) is 113. The van der Waals surface area contributed by atoms with E-state index >= 15 is 0 Å². The number of phenols is 10. The first-order valence-electron chi connectivity index (χ1n) is 22.2. The van der Waals surface area contributed by atoms with E-state index in [-0.39, 0.29) is 57.5 Å². The lowest BCUT2D eigenvalue weighted by atomic mass is 9.67. The van der Waals surface area contributed by atoms with Crippen molar-refractivity contribution in [3.05, 3.63) is 212 Å². The summed E-state index contributed by atoms with van der Waals surface area (Å²) in [4.78, 5) is 0. The Morgan fingerprint density at radius 3 is 1.24 bits per heavy atom. The molecule has 2 aliphatic carbocycles. The van der Waals surface area contributed by atoms with Gasteiger partial charge >= 0.3 is 0 Å². The highest BCUT2D eigenvalue weighted by molar-refractivity contribution is 5.74. The highest BCUT2D eigenvalue weighted by atomic mass is 16.5. The van der Waals surface area contributed by atoms with Gasteiger partial charge in [-0.3, -0.25) is 0 Å². The molecule has 12 nitrogen and oxygen atoms in total. The van der Waals surface area contributed by atoms with Crippen molar-refractivity contribution in [1.29, 1.82) is 0 Å². The van der Waals surface area contributed by atoms with Crippen molar-refractivity contribution in [1.82, 2.24) is 0 Å². The molecule has 68 heavy (non-hydrogen) atoms. The zero-order valence-electron chi connectivity index (χ0n) is 35.8. The second-order valence-corrected chi connectivity index (χ2v) is 18.2. The van der Waals surface area contributed by atoms with Crippen LogP contribution in [0.5, 0.6) is 69.0 Å². The molecule has 10 N–H and O–H groups in total. The van der Waals surface area contributed by atoms with Gasteiger partial charge in [0.25, 0.3) is 0 Å². The van der Waals surface area contributed by atoms with E-state index in [0.29, 0.717) is 78.3 Å². The lowest BCUT2D eigenvalue weighted by molar-refractivity contribution is 0.221. The number of phenolic OH excluding ortho intramolecular Hbond substituents is 10. The van der Waals surface area contributed by atoms with Gasteiger partial charge < -0.3 is 60.5 Å². The number of aromatic hydroxyl groups is 10. The summed E-state index contributed by atoms with van der Waals surface area (Å²) in [6.07, 6.45) is -1.60. The van der Waals surface area contributed by atoms with E-state index in [0.717, 1.165) is 0 Å². The fourth-order valence-electron chi connectivity index (χ4n) is 12.0. The molecular formula is C56H42O12. The van der Waals surface area contributed by atoms with Gasteiger partial charge in [0.1, 0.15) is 81.2 Å². The third kappa shape index (κ3) is 6.20. The van der Waals surface area contributed by atoms with E-state index < -0.39 is 47.7 Å². The summed E-state index contributed by atoms with van der Waals surface area (Å²) in [7, 11) is 0. The minimum atomic E-state index is -0.820. The normalized spacial score (nSPS) is 22.6. The van der Waals surface area contributed by atoms with E-state index in [9.17, 15) is 51.1 Å². The van der Waals surface area contributed by atoms with Gasteiger partial charge in [-0.15, -0.1) is 0 Å². The number of hydrogen-bond donors (Lipinski definition) is 10. The van der Waals surface area contributed by atoms with Crippen LogP contribution in [0.4, 0.5) is 0 Å². The fourth-order valence-corrected chi connectivity index (χ4v) is 12.0. The summed E-state index contributed by atoms with van der Waals surface area (Å²) in [6.45, 7) is 0. The Kier molecular flexibility index (Phi) is 8.97. The van der Waals surface area contributed by atoms with E-state index in [1.807, 2.05) is 0 Å². The lowest BCUT2D eigenvalue weighted by Gasteiger charge is -2.35. The summed E-state index contributed by atoms with van der Waals surface area (Å²) in [5.74, 6) is -4.85. The van der Waals surface area contributed by atoms with E-state index in [1.54, 1.807) is 115 Å². The first-order valence-corrected chi connectivity index (χ1v) is 22.2. The largest absolute Gasteiger partial charge is 0.508 e. The van der Waals surface area contributed by atoms with Crippen LogP contribution in [0.2, 0.25) is 0 Å². The molecule has 0 aromatic heterocycles. The molecule has 0 unspecified atom stereocenters. The predicted molar refractivity (Wildman–Crippen MR) is 248 cm³/mol. The number of benzene rings is 8. The van der Waals surface area contributed by atoms with Gasteiger partial charge in [-0.25, -0.2) is 0 Å². The zero-order valence-corrected chi connectivity index (χ0v) is 35.8. The Balaban J connectivity index is 1.21. The Bertz CT molecular complexity index is 3310. The molecule has 8 atom stereocenters. The lowest BCUT2D eigenvalue weighted by Crippen LogP contribution is -2.22. The van der Waals surface area contributed by atoms with Gasteiger partial charge in [-0.05, 0) is 117 Å². The van der Waals surface area contributed by atoms with Crippen LogP contribution in [0.15, 0.2) is 146 Å². The standard InChI is InChI=1S/C56H42O12/c57-30-9-1-25(2-10-30)44-47-38(20-36(63)22-40(47)65)50-52-43(68-56(50)28-7-15-33(60)16-8-28)24-41(66)51-45(26-3-11-31(58)12-4-26)49(53(44)54(51)52)39-21-37(64)23-42-48(39)46(29-17-34(61)19-35(62)18-29)55(67-42)27-5-13-32(59)14-6-27/h1-24,44-46,49-50,53,55-66H/t44-,45-,46+,49-,50+,53+,55-,56-/m0/s1. The first-order chi connectivity index (χ1) is 32.8. The molecule has 0 spiro atoms. The quantitative estimate of drug-likeness (QED) is 0.0753. The number of ether oxygens (including phenoxy) is 2. The predicted octanol–water partition coefficient (Wildman–Crippen LogP) is 10.4. The summed E-state index contributed by atoms with van der Waals surface area (Å²) in [6, 6.07) is 38.5. The summed E-state index contributed by atoms with van der Waals surface area (Å²) >= 11 is 0. The van der Waals surface area contributed by atoms with Gasteiger partial charge in [0.2, 0.25) is 0 Å². The Morgan fingerprint density at radius 2 is 0.691 bits per heavy atom. The molecule has 2 heterocycles. The molecule has 0 amide bonds. The smallest absolute Gasteiger partial charge is 0.135 e. The molecule has 338 valence electrons. The van der Waals surface area contributed by atoms with Crippen molar-refractivity contribution in [2.45, 2.75) is 47.7 Å². The van der Waals surface area contributed by atoms with Crippen LogP contribution in [0.1, 0.15) is 114 Å².